The van der Waals surface area contributed by atoms with Crippen LogP contribution in [0.2, 0.25) is 0 Å². The standard InChI is InChI=1S/C15H16O4/c1-3-4-5-8-11-18-15(17)13-9-6-7-10-14(13)19-12(2)16/h3-10H,11H2,1-2H3/b4-3+,8-5+. The number of ether oxygens (including phenoxy) is 2. The smallest absolute Gasteiger partial charge is 0.342 e. The zero-order valence-electron chi connectivity index (χ0n) is 11.0. The second-order valence-electron chi connectivity index (χ2n) is 3.64. The maximum atomic E-state index is 11.8. The fraction of sp³-hybridized carbons (Fsp3) is 0.200. The predicted octanol–water partition coefficient (Wildman–Crippen LogP) is 2.90. The van der Waals surface area contributed by atoms with Crippen molar-refractivity contribution in [1.82, 2.24) is 0 Å². The molecule has 0 aliphatic heterocycles. The average molecular weight is 260 g/mol. The third-order valence-corrected chi connectivity index (χ3v) is 2.11. The molecule has 1 aromatic rings. The van der Waals surface area contributed by atoms with Crippen LogP contribution >= 0.6 is 0 Å². The summed E-state index contributed by atoms with van der Waals surface area (Å²) in [4.78, 5) is 22.7. The summed E-state index contributed by atoms with van der Waals surface area (Å²) in [6, 6.07) is 6.46. The number of esters is 2. The van der Waals surface area contributed by atoms with Gasteiger partial charge < -0.3 is 9.47 Å². The van der Waals surface area contributed by atoms with E-state index < -0.39 is 11.9 Å². The molecular weight excluding hydrogens is 244 g/mol. The van der Waals surface area contributed by atoms with Gasteiger partial charge in [0.05, 0.1) is 0 Å². The molecule has 0 aliphatic carbocycles. The number of hydrogen-bond acceptors (Lipinski definition) is 4. The van der Waals surface area contributed by atoms with Crippen molar-refractivity contribution in [2.75, 3.05) is 6.61 Å². The SMILES string of the molecule is C/C=C/C=C/COC(=O)c1ccccc1OC(C)=O. The van der Waals surface area contributed by atoms with Crippen molar-refractivity contribution in [3.05, 3.63) is 54.1 Å². The molecule has 0 unspecified atom stereocenters. The first-order valence-electron chi connectivity index (χ1n) is 5.87. The van der Waals surface area contributed by atoms with E-state index in [2.05, 4.69) is 0 Å². The van der Waals surface area contributed by atoms with E-state index >= 15 is 0 Å². The summed E-state index contributed by atoms with van der Waals surface area (Å²) in [6.45, 7) is 3.34. The van der Waals surface area contributed by atoms with Crippen LogP contribution in [0.5, 0.6) is 5.75 Å². The Labute approximate surface area is 112 Å². The number of benzene rings is 1. The second-order valence-corrected chi connectivity index (χ2v) is 3.64. The van der Waals surface area contributed by atoms with Gasteiger partial charge in [0.15, 0.2) is 0 Å². The van der Waals surface area contributed by atoms with Gasteiger partial charge in [-0.3, -0.25) is 4.79 Å². The monoisotopic (exact) mass is 260 g/mol. The molecule has 0 aliphatic rings. The Bertz CT molecular complexity index is 501. The molecule has 0 aromatic heterocycles. The van der Waals surface area contributed by atoms with Crippen LogP contribution in [0.4, 0.5) is 0 Å². The van der Waals surface area contributed by atoms with Gasteiger partial charge in [-0.1, -0.05) is 30.4 Å². The van der Waals surface area contributed by atoms with Crippen LogP contribution in [0, 0.1) is 0 Å². The fourth-order valence-electron chi connectivity index (χ4n) is 1.33. The third kappa shape index (κ3) is 5.21. The lowest BCUT2D eigenvalue weighted by molar-refractivity contribution is -0.131. The van der Waals surface area contributed by atoms with Crippen molar-refractivity contribution in [3.8, 4) is 5.75 Å². The normalized spacial score (nSPS) is 10.8. The molecule has 0 atom stereocenters. The topological polar surface area (TPSA) is 52.6 Å². The zero-order chi connectivity index (χ0) is 14.1. The lowest BCUT2D eigenvalue weighted by Crippen LogP contribution is -2.10. The average Bonchev–Trinajstić information content (AvgIpc) is 2.38. The van der Waals surface area contributed by atoms with Gasteiger partial charge in [0.2, 0.25) is 0 Å². The van der Waals surface area contributed by atoms with E-state index in [9.17, 15) is 9.59 Å². The van der Waals surface area contributed by atoms with Crippen molar-refractivity contribution in [1.29, 1.82) is 0 Å². The summed E-state index contributed by atoms with van der Waals surface area (Å²) in [5.74, 6) is -0.798. The molecule has 19 heavy (non-hydrogen) atoms. The van der Waals surface area contributed by atoms with E-state index in [1.54, 1.807) is 36.4 Å². The van der Waals surface area contributed by atoms with Gasteiger partial charge in [-0.15, -0.1) is 0 Å². The third-order valence-electron chi connectivity index (χ3n) is 2.11. The molecule has 4 nitrogen and oxygen atoms in total. The molecule has 4 heteroatoms. The Morgan fingerprint density at radius 1 is 1.21 bits per heavy atom. The maximum Gasteiger partial charge on any atom is 0.342 e. The van der Waals surface area contributed by atoms with E-state index in [0.717, 1.165) is 0 Å². The van der Waals surface area contributed by atoms with Crippen LogP contribution in [-0.2, 0) is 9.53 Å². The molecule has 0 fully saturated rings. The summed E-state index contributed by atoms with van der Waals surface area (Å²) in [5, 5.41) is 0. The largest absolute Gasteiger partial charge is 0.458 e. The van der Waals surface area contributed by atoms with E-state index in [0.29, 0.717) is 0 Å². The van der Waals surface area contributed by atoms with Gasteiger partial charge in [0.25, 0.3) is 0 Å². The van der Waals surface area contributed by atoms with Gasteiger partial charge in [-0.2, -0.15) is 0 Å². The minimum absolute atomic E-state index is 0.164. The van der Waals surface area contributed by atoms with Crippen LogP contribution in [0.1, 0.15) is 24.2 Å². The van der Waals surface area contributed by atoms with E-state index in [4.69, 9.17) is 9.47 Å². The van der Waals surface area contributed by atoms with Crippen molar-refractivity contribution in [3.63, 3.8) is 0 Å². The summed E-state index contributed by atoms with van der Waals surface area (Å²) < 4.78 is 9.99. The van der Waals surface area contributed by atoms with Crippen molar-refractivity contribution < 1.29 is 19.1 Å². The molecule has 0 saturated carbocycles. The van der Waals surface area contributed by atoms with E-state index in [-0.39, 0.29) is 17.9 Å². The maximum absolute atomic E-state index is 11.8. The van der Waals surface area contributed by atoms with E-state index in [1.807, 2.05) is 19.1 Å². The Balaban J connectivity index is 2.68. The second kappa shape index (κ2) is 7.87. The summed E-state index contributed by atoms with van der Waals surface area (Å²) >= 11 is 0. The number of carbonyl (C=O) groups is 2. The molecule has 0 radical (unpaired) electrons. The Morgan fingerprint density at radius 2 is 1.95 bits per heavy atom. The molecule has 1 aromatic carbocycles. The Kier molecular flexibility index (Phi) is 6.09. The van der Waals surface area contributed by atoms with Gasteiger partial charge in [0.1, 0.15) is 17.9 Å². The van der Waals surface area contributed by atoms with Gasteiger partial charge in [0, 0.05) is 6.92 Å². The lowest BCUT2D eigenvalue weighted by atomic mass is 10.2. The van der Waals surface area contributed by atoms with Crippen molar-refractivity contribution in [2.45, 2.75) is 13.8 Å². The Hall–Kier alpha value is -2.36. The first-order chi connectivity index (χ1) is 9.15. The van der Waals surface area contributed by atoms with Crippen LogP contribution in [-0.4, -0.2) is 18.5 Å². The van der Waals surface area contributed by atoms with Crippen molar-refractivity contribution >= 4 is 11.9 Å². The number of carbonyl (C=O) groups excluding carboxylic acids is 2. The fourth-order valence-corrected chi connectivity index (χ4v) is 1.33. The molecule has 0 spiro atoms. The molecule has 1 rings (SSSR count). The van der Waals surface area contributed by atoms with Crippen LogP contribution in [0.3, 0.4) is 0 Å². The highest BCUT2D eigenvalue weighted by atomic mass is 16.5. The van der Waals surface area contributed by atoms with Crippen LogP contribution in [0.15, 0.2) is 48.6 Å². The molecule has 0 N–H and O–H groups in total. The molecule has 100 valence electrons. The summed E-state index contributed by atoms with van der Waals surface area (Å²) in [7, 11) is 0. The first-order valence-corrected chi connectivity index (χ1v) is 5.87. The highest BCUT2D eigenvalue weighted by molar-refractivity contribution is 5.93. The molecule has 0 amide bonds. The molecule has 0 bridgehead atoms. The number of rotatable bonds is 5. The summed E-state index contributed by atoms with van der Waals surface area (Å²) in [5.41, 5.74) is 0.233. The quantitative estimate of drug-likeness (QED) is 0.464. The lowest BCUT2D eigenvalue weighted by Gasteiger charge is -2.07. The molecule has 0 heterocycles. The van der Waals surface area contributed by atoms with Crippen LogP contribution < -0.4 is 4.74 Å². The molecule has 0 saturated heterocycles. The zero-order valence-corrected chi connectivity index (χ0v) is 11.0. The molecular formula is C15H16O4. The van der Waals surface area contributed by atoms with Gasteiger partial charge in [-0.25, -0.2) is 4.79 Å². The number of allylic oxidation sites excluding steroid dienone is 3. The van der Waals surface area contributed by atoms with Crippen molar-refractivity contribution in [2.24, 2.45) is 0 Å². The van der Waals surface area contributed by atoms with E-state index in [1.165, 1.54) is 6.92 Å². The van der Waals surface area contributed by atoms with Crippen LogP contribution in [0.25, 0.3) is 0 Å². The number of para-hydroxylation sites is 1. The highest BCUT2D eigenvalue weighted by Crippen LogP contribution is 2.19. The number of hydrogen-bond donors (Lipinski definition) is 0. The minimum atomic E-state index is -0.526. The minimum Gasteiger partial charge on any atom is -0.458 e. The Morgan fingerprint density at radius 3 is 2.63 bits per heavy atom. The predicted molar refractivity (Wildman–Crippen MR) is 72.0 cm³/mol. The summed E-state index contributed by atoms with van der Waals surface area (Å²) in [6.07, 6.45) is 7.20. The van der Waals surface area contributed by atoms with Gasteiger partial charge >= 0.3 is 11.9 Å². The highest BCUT2D eigenvalue weighted by Gasteiger charge is 2.14. The first kappa shape index (κ1) is 14.7. The van der Waals surface area contributed by atoms with Gasteiger partial charge in [-0.05, 0) is 25.1 Å².